The fraction of sp³-hybridized carbons (Fsp3) is 0.409. The number of amides is 1. The molecule has 2 fully saturated rings. The van der Waals surface area contributed by atoms with E-state index >= 15 is 0 Å². The van der Waals surface area contributed by atoms with Crippen LogP contribution in [0.1, 0.15) is 25.7 Å². The summed E-state index contributed by atoms with van der Waals surface area (Å²) < 4.78 is 1.73. The minimum absolute atomic E-state index is 0.279. The number of nitrogens with one attached hydrogen (secondary N) is 1. The Balaban J connectivity index is 1.38. The number of fused-ring (bicyclic) bond motifs is 1. The first-order valence-corrected chi connectivity index (χ1v) is 10.9. The summed E-state index contributed by atoms with van der Waals surface area (Å²) in [6.07, 6.45) is 5.88. The summed E-state index contributed by atoms with van der Waals surface area (Å²) in [5, 5.41) is 8.55. The van der Waals surface area contributed by atoms with E-state index in [1.165, 1.54) is 0 Å². The zero-order valence-corrected chi connectivity index (χ0v) is 17.5. The third-order valence-corrected chi connectivity index (χ3v) is 6.31. The first kappa shape index (κ1) is 19.4. The maximum Gasteiger partial charge on any atom is 0.225 e. The number of likely N-dealkylation sites (tertiary alicyclic amines) is 1. The number of hydrogen-bond donors (Lipinski definition) is 1. The summed E-state index contributed by atoms with van der Waals surface area (Å²) in [4.78, 5) is 19.2. The molecule has 0 bridgehead atoms. The van der Waals surface area contributed by atoms with Crippen molar-refractivity contribution < 1.29 is 4.79 Å². The minimum atomic E-state index is 0.279. The van der Waals surface area contributed by atoms with Crippen molar-refractivity contribution in [1.82, 2.24) is 19.5 Å². The second-order valence-corrected chi connectivity index (χ2v) is 8.70. The van der Waals surface area contributed by atoms with Gasteiger partial charge in [-0.05, 0) is 43.1 Å². The van der Waals surface area contributed by atoms with Crippen molar-refractivity contribution in [2.24, 2.45) is 11.8 Å². The number of carbonyl (C=O) groups excluding carboxylic acids is 1. The molecule has 6 nitrogen and oxygen atoms in total. The van der Waals surface area contributed by atoms with Gasteiger partial charge in [0.2, 0.25) is 5.91 Å². The Bertz CT molecular complexity index is 1100. The number of benzene rings is 1. The second kappa shape index (κ2) is 7.95. The largest absolute Gasteiger partial charge is 0.370 e. The predicted octanol–water partition coefficient (Wildman–Crippen LogP) is 2.90. The number of anilines is 1. The molecule has 3 aromatic rings. The Morgan fingerprint density at radius 3 is 2.90 bits per heavy atom. The van der Waals surface area contributed by atoms with Crippen molar-refractivity contribution in [2.45, 2.75) is 25.7 Å². The van der Waals surface area contributed by atoms with Gasteiger partial charge in [0.05, 0.1) is 5.69 Å². The van der Waals surface area contributed by atoms with Crippen LogP contribution in [0.3, 0.4) is 0 Å². The third kappa shape index (κ3) is 3.78. The standard InChI is InChI=1S/C22H23BClN5O/c23-17-12-26-29-20(10-19(27-21(17)29)16-5-1-2-6-18(16)24)25-11-14-4-3-9-28(13-14)22(30)15-7-8-15/h1-2,5-6,10,12,14-15,25H,3-4,7-9,11,13H2. The lowest BCUT2D eigenvalue weighted by Crippen LogP contribution is -2.42. The molecule has 1 atom stereocenters. The molecule has 2 aromatic heterocycles. The molecule has 2 aliphatic rings. The van der Waals surface area contributed by atoms with Crippen LogP contribution in [0.4, 0.5) is 5.82 Å². The molecule has 5 rings (SSSR count). The molecule has 0 spiro atoms. The maximum atomic E-state index is 12.4. The van der Waals surface area contributed by atoms with Crippen LogP contribution in [-0.2, 0) is 4.79 Å². The number of nitrogens with zero attached hydrogens (tertiary/aromatic N) is 4. The third-order valence-electron chi connectivity index (χ3n) is 5.98. The van der Waals surface area contributed by atoms with Crippen LogP contribution in [-0.4, -0.2) is 52.9 Å². The van der Waals surface area contributed by atoms with Crippen LogP contribution in [0.15, 0.2) is 36.5 Å². The van der Waals surface area contributed by atoms with Crippen molar-refractivity contribution in [3.05, 3.63) is 41.6 Å². The van der Waals surface area contributed by atoms with Gasteiger partial charge in [0, 0.05) is 48.4 Å². The van der Waals surface area contributed by atoms with Gasteiger partial charge in [-0.15, -0.1) is 0 Å². The van der Waals surface area contributed by atoms with Crippen molar-refractivity contribution >= 4 is 42.3 Å². The van der Waals surface area contributed by atoms with E-state index in [4.69, 9.17) is 19.4 Å². The monoisotopic (exact) mass is 419 g/mol. The lowest BCUT2D eigenvalue weighted by atomic mass is 9.97. The smallest absolute Gasteiger partial charge is 0.225 e. The Labute approximate surface area is 182 Å². The van der Waals surface area contributed by atoms with E-state index in [0.29, 0.717) is 28.0 Å². The molecule has 1 saturated carbocycles. The van der Waals surface area contributed by atoms with Gasteiger partial charge in [0.15, 0.2) is 5.65 Å². The first-order chi connectivity index (χ1) is 14.6. The Kier molecular flexibility index (Phi) is 5.15. The number of aromatic nitrogens is 3. The highest BCUT2D eigenvalue weighted by Gasteiger charge is 2.35. The molecule has 1 unspecified atom stereocenters. The molecular weight excluding hydrogens is 397 g/mol. The van der Waals surface area contributed by atoms with E-state index in [1.54, 1.807) is 10.7 Å². The lowest BCUT2D eigenvalue weighted by Gasteiger charge is -2.33. The van der Waals surface area contributed by atoms with Gasteiger partial charge >= 0.3 is 0 Å². The normalized spacial score (nSPS) is 19.2. The van der Waals surface area contributed by atoms with Crippen molar-refractivity contribution in [2.75, 3.05) is 25.0 Å². The van der Waals surface area contributed by atoms with Crippen LogP contribution in [0.2, 0.25) is 5.02 Å². The van der Waals surface area contributed by atoms with Crippen LogP contribution >= 0.6 is 11.6 Å². The molecular formula is C22H23BClN5O. The summed E-state index contributed by atoms with van der Waals surface area (Å²) in [6, 6.07) is 9.58. The van der Waals surface area contributed by atoms with E-state index < -0.39 is 0 Å². The fourth-order valence-electron chi connectivity index (χ4n) is 4.18. The summed E-state index contributed by atoms with van der Waals surface area (Å²) in [6.45, 7) is 2.46. The second-order valence-electron chi connectivity index (χ2n) is 8.29. The Hall–Kier alpha value is -2.54. The summed E-state index contributed by atoms with van der Waals surface area (Å²) >= 11 is 6.40. The zero-order chi connectivity index (χ0) is 20.7. The topological polar surface area (TPSA) is 62.5 Å². The molecule has 152 valence electrons. The highest BCUT2D eigenvalue weighted by atomic mass is 35.5. The number of rotatable bonds is 5. The highest BCUT2D eigenvalue weighted by Crippen LogP contribution is 2.33. The molecule has 8 heteroatoms. The molecule has 3 heterocycles. The van der Waals surface area contributed by atoms with Crippen LogP contribution < -0.4 is 10.8 Å². The average molecular weight is 420 g/mol. The quantitative estimate of drug-likeness (QED) is 0.646. The van der Waals surface area contributed by atoms with E-state index in [2.05, 4.69) is 20.3 Å². The van der Waals surface area contributed by atoms with Gasteiger partial charge in [0.1, 0.15) is 13.7 Å². The van der Waals surface area contributed by atoms with Crippen LogP contribution in [0, 0.1) is 11.8 Å². The summed E-state index contributed by atoms with van der Waals surface area (Å²) in [5.74, 6) is 1.84. The zero-order valence-electron chi connectivity index (χ0n) is 16.7. The van der Waals surface area contributed by atoms with Gasteiger partial charge in [-0.3, -0.25) is 4.79 Å². The lowest BCUT2D eigenvalue weighted by molar-refractivity contribution is -0.134. The van der Waals surface area contributed by atoms with E-state index in [-0.39, 0.29) is 5.92 Å². The van der Waals surface area contributed by atoms with Crippen LogP contribution in [0.25, 0.3) is 16.9 Å². The Morgan fingerprint density at radius 2 is 2.10 bits per heavy atom. The summed E-state index contributed by atoms with van der Waals surface area (Å²) in [5.41, 5.74) is 2.72. The Morgan fingerprint density at radius 1 is 1.27 bits per heavy atom. The van der Waals surface area contributed by atoms with Crippen molar-refractivity contribution in [3.8, 4) is 11.3 Å². The molecule has 1 amide bonds. The van der Waals surface area contributed by atoms with Gasteiger partial charge in [-0.2, -0.15) is 9.61 Å². The van der Waals surface area contributed by atoms with E-state index in [0.717, 1.165) is 62.4 Å². The number of piperidine rings is 1. The summed E-state index contributed by atoms with van der Waals surface area (Å²) in [7, 11) is 6.10. The predicted molar refractivity (Wildman–Crippen MR) is 119 cm³/mol. The molecule has 30 heavy (non-hydrogen) atoms. The van der Waals surface area contributed by atoms with E-state index in [9.17, 15) is 4.79 Å². The maximum absolute atomic E-state index is 12.4. The average Bonchev–Trinajstić information content (AvgIpc) is 3.55. The first-order valence-electron chi connectivity index (χ1n) is 10.5. The van der Waals surface area contributed by atoms with E-state index in [1.807, 2.05) is 30.3 Å². The fourth-order valence-corrected chi connectivity index (χ4v) is 4.41. The van der Waals surface area contributed by atoms with Gasteiger partial charge in [0.25, 0.3) is 0 Å². The molecule has 1 saturated heterocycles. The van der Waals surface area contributed by atoms with Gasteiger partial charge in [-0.25, -0.2) is 4.98 Å². The number of halogens is 1. The highest BCUT2D eigenvalue weighted by molar-refractivity contribution is 6.36. The molecule has 2 radical (unpaired) electrons. The van der Waals surface area contributed by atoms with Crippen molar-refractivity contribution in [1.29, 1.82) is 0 Å². The molecule has 1 aliphatic carbocycles. The minimum Gasteiger partial charge on any atom is -0.370 e. The SMILES string of the molecule is [B]c1cnn2c(NCC3CCCN(C(=O)C4CC4)C3)cc(-c3ccccc3Cl)nc12. The molecule has 1 aliphatic heterocycles. The van der Waals surface area contributed by atoms with Gasteiger partial charge in [-0.1, -0.05) is 29.8 Å². The van der Waals surface area contributed by atoms with Gasteiger partial charge < -0.3 is 10.2 Å². The number of hydrogen-bond acceptors (Lipinski definition) is 4. The molecule has 1 aromatic carbocycles. The van der Waals surface area contributed by atoms with Crippen LogP contribution in [0.5, 0.6) is 0 Å². The number of carbonyl (C=O) groups is 1. The van der Waals surface area contributed by atoms with Crippen molar-refractivity contribution in [3.63, 3.8) is 0 Å². The molecule has 1 N–H and O–H groups in total.